The van der Waals surface area contributed by atoms with Crippen molar-refractivity contribution in [3.8, 4) is 0 Å². The summed E-state index contributed by atoms with van der Waals surface area (Å²) in [6.07, 6.45) is 9.53. The summed E-state index contributed by atoms with van der Waals surface area (Å²) in [5.41, 5.74) is 1.76. The molecule has 0 radical (unpaired) electrons. The van der Waals surface area contributed by atoms with Crippen LogP contribution in [0.4, 0.5) is 4.39 Å². The maximum absolute atomic E-state index is 12.9. The van der Waals surface area contributed by atoms with Gasteiger partial charge in [-0.15, -0.1) is 0 Å². The van der Waals surface area contributed by atoms with Crippen LogP contribution >= 0.6 is 0 Å². The fourth-order valence-electron chi connectivity index (χ4n) is 4.86. The summed E-state index contributed by atoms with van der Waals surface area (Å²) in [6, 6.07) is 10.6. The van der Waals surface area contributed by atoms with Gasteiger partial charge >= 0.3 is 0 Å². The first-order valence-electron chi connectivity index (χ1n) is 12.1. The Morgan fingerprint density at radius 1 is 1.09 bits per heavy atom. The van der Waals surface area contributed by atoms with Gasteiger partial charge in [-0.05, 0) is 42.2 Å². The number of carbonyl (C=O) groups is 2. The Kier molecular flexibility index (Phi) is 8.60. The molecule has 34 heavy (non-hydrogen) atoms. The lowest BCUT2D eigenvalue weighted by Crippen LogP contribution is -2.47. The molecular weight excluding hydrogens is 435 g/mol. The average molecular weight is 469 g/mol. The molecule has 1 aromatic heterocycles. The highest BCUT2D eigenvalue weighted by molar-refractivity contribution is 5.96. The third-order valence-corrected chi connectivity index (χ3v) is 6.67. The van der Waals surface area contributed by atoms with Crippen molar-refractivity contribution < 1.29 is 18.7 Å². The molecule has 2 aliphatic rings. The number of hydrogen-bond donors (Lipinski definition) is 2. The number of halogens is 1. The Bertz CT molecular complexity index is 952. The second-order valence-corrected chi connectivity index (χ2v) is 9.15. The summed E-state index contributed by atoms with van der Waals surface area (Å²) in [7, 11) is 0. The number of nitrogens with zero attached hydrogens (tertiary/aromatic N) is 2. The van der Waals surface area contributed by atoms with E-state index in [4.69, 9.17) is 4.74 Å². The zero-order valence-electron chi connectivity index (χ0n) is 19.4. The molecule has 1 saturated carbocycles. The molecule has 1 unspecified atom stereocenters. The van der Waals surface area contributed by atoms with E-state index < -0.39 is 12.6 Å². The maximum Gasteiger partial charge on any atom is 0.251 e. The third kappa shape index (κ3) is 6.61. The zero-order chi connectivity index (χ0) is 23.8. The van der Waals surface area contributed by atoms with Crippen LogP contribution in [0.2, 0.25) is 0 Å². The molecule has 1 aliphatic heterocycles. The van der Waals surface area contributed by atoms with Crippen molar-refractivity contribution >= 4 is 11.8 Å². The van der Waals surface area contributed by atoms with E-state index in [0.29, 0.717) is 23.8 Å². The molecule has 7 nitrogen and oxygen atoms in total. The highest BCUT2D eigenvalue weighted by Gasteiger charge is 2.38. The molecule has 1 aliphatic carbocycles. The van der Waals surface area contributed by atoms with Crippen molar-refractivity contribution in [1.29, 1.82) is 0 Å². The lowest BCUT2D eigenvalue weighted by Gasteiger charge is -2.30. The monoisotopic (exact) mass is 468 g/mol. The van der Waals surface area contributed by atoms with Crippen LogP contribution in [0.1, 0.15) is 53.6 Å². The van der Waals surface area contributed by atoms with E-state index in [0.717, 1.165) is 18.7 Å². The summed E-state index contributed by atoms with van der Waals surface area (Å²) >= 11 is 0. The molecule has 2 fully saturated rings. The molecule has 1 aromatic carbocycles. The molecule has 4 rings (SSSR count). The lowest BCUT2D eigenvalue weighted by atomic mass is 9.94. The average Bonchev–Trinajstić information content (AvgIpc) is 3.29. The molecule has 8 heteroatoms. The minimum Gasteiger partial charge on any atom is -0.370 e. The van der Waals surface area contributed by atoms with Crippen molar-refractivity contribution in [3.05, 3.63) is 65.5 Å². The highest BCUT2D eigenvalue weighted by Crippen LogP contribution is 2.27. The molecule has 2 amide bonds. The Morgan fingerprint density at radius 3 is 2.68 bits per heavy atom. The maximum atomic E-state index is 12.9. The second-order valence-electron chi connectivity index (χ2n) is 9.15. The topological polar surface area (TPSA) is 83.6 Å². The fourth-order valence-corrected chi connectivity index (χ4v) is 4.86. The molecule has 1 saturated heterocycles. The Hall–Kier alpha value is -2.84. The number of benzene rings is 1. The molecular formula is C26H33FN4O3. The summed E-state index contributed by atoms with van der Waals surface area (Å²) in [4.78, 5) is 31.7. The number of ether oxygens (including phenoxy) is 1. The molecule has 2 heterocycles. The number of nitrogens with one attached hydrogen (secondary N) is 2. The van der Waals surface area contributed by atoms with Gasteiger partial charge in [0.25, 0.3) is 5.91 Å². The Morgan fingerprint density at radius 2 is 1.91 bits per heavy atom. The second kappa shape index (κ2) is 12.0. The first-order valence-corrected chi connectivity index (χ1v) is 12.1. The van der Waals surface area contributed by atoms with Crippen LogP contribution in [0.15, 0.2) is 48.8 Å². The van der Waals surface area contributed by atoms with Gasteiger partial charge in [-0.25, -0.2) is 4.39 Å². The molecule has 0 spiro atoms. The van der Waals surface area contributed by atoms with E-state index in [2.05, 4.69) is 20.5 Å². The predicted octanol–water partition coefficient (Wildman–Crippen LogP) is 3.00. The van der Waals surface area contributed by atoms with Crippen molar-refractivity contribution in [3.63, 3.8) is 0 Å². The van der Waals surface area contributed by atoms with E-state index in [9.17, 15) is 14.0 Å². The number of pyridine rings is 1. The van der Waals surface area contributed by atoms with Crippen molar-refractivity contribution in [2.75, 3.05) is 19.6 Å². The number of hydrogen-bond acceptors (Lipinski definition) is 5. The number of aromatic nitrogens is 1. The molecule has 2 N–H and O–H groups in total. The molecule has 2 aromatic rings. The summed E-state index contributed by atoms with van der Waals surface area (Å²) in [5.74, 6) is -0.662. The number of alkyl halides is 1. The molecule has 182 valence electrons. The molecule has 0 bridgehead atoms. The number of carbonyl (C=O) groups excluding carboxylic acids is 2. The standard InChI is InChI=1S/C26H33FN4O3/c27-13-19-6-4-8-21(12-19)26(33)29-15-25(32)30-23-16-31(22-9-2-1-3-10-22)17-24(23)34-18-20-7-5-11-28-14-20/h4-8,11-12,14,22-24H,1-3,9-10,13,15-18H2,(H,29,33)(H,30,32)/t23-,24?/m0/s1. The predicted molar refractivity (Wildman–Crippen MR) is 127 cm³/mol. The SMILES string of the molecule is O=C(CNC(=O)c1cccc(CF)c1)N[C@H]1CN(C2CCCCC2)CC1OCc1cccnc1. The van der Waals surface area contributed by atoms with Gasteiger partial charge in [0.05, 0.1) is 25.3 Å². The highest BCUT2D eigenvalue weighted by atomic mass is 19.1. The number of rotatable bonds is 9. The number of amides is 2. The van der Waals surface area contributed by atoms with Crippen LogP contribution in [0, 0.1) is 0 Å². The Labute approximate surface area is 200 Å². The number of likely N-dealkylation sites (tertiary alicyclic amines) is 1. The van der Waals surface area contributed by atoms with Crippen LogP contribution in [0.3, 0.4) is 0 Å². The lowest BCUT2D eigenvalue weighted by molar-refractivity contribution is -0.121. The van der Waals surface area contributed by atoms with Gasteiger partial charge in [0.15, 0.2) is 0 Å². The van der Waals surface area contributed by atoms with Gasteiger partial charge in [-0.2, -0.15) is 0 Å². The third-order valence-electron chi connectivity index (χ3n) is 6.67. The van der Waals surface area contributed by atoms with E-state index in [1.807, 2.05) is 12.1 Å². The van der Waals surface area contributed by atoms with Crippen molar-refractivity contribution in [1.82, 2.24) is 20.5 Å². The minimum absolute atomic E-state index is 0.136. The Balaban J connectivity index is 1.33. The normalized spacial score (nSPS) is 21.3. The van der Waals surface area contributed by atoms with E-state index >= 15 is 0 Å². The van der Waals surface area contributed by atoms with Gasteiger partial charge in [0.2, 0.25) is 5.91 Å². The summed E-state index contributed by atoms with van der Waals surface area (Å²) in [6.45, 7) is 1.17. The fraction of sp³-hybridized carbons (Fsp3) is 0.500. The van der Waals surface area contributed by atoms with Crippen LogP contribution in [-0.2, 0) is 22.8 Å². The summed E-state index contributed by atoms with van der Waals surface area (Å²) in [5, 5.41) is 5.70. The van der Waals surface area contributed by atoms with Crippen molar-refractivity contribution in [2.24, 2.45) is 0 Å². The van der Waals surface area contributed by atoms with Crippen molar-refractivity contribution in [2.45, 2.75) is 63.6 Å². The van der Waals surface area contributed by atoms with Crippen LogP contribution in [-0.4, -0.2) is 59.5 Å². The van der Waals surface area contributed by atoms with E-state index in [1.54, 1.807) is 30.6 Å². The smallest absolute Gasteiger partial charge is 0.251 e. The largest absolute Gasteiger partial charge is 0.370 e. The minimum atomic E-state index is -0.638. The van der Waals surface area contributed by atoms with Crippen LogP contribution in [0.25, 0.3) is 0 Å². The van der Waals surface area contributed by atoms with Gasteiger partial charge in [-0.3, -0.25) is 19.5 Å². The van der Waals surface area contributed by atoms with Crippen LogP contribution in [0.5, 0.6) is 0 Å². The van der Waals surface area contributed by atoms with E-state index in [1.165, 1.54) is 38.2 Å². The van der Waals surface area contributed by atoms with Gasteiger partial charge in [-0.1, -0.05) is 37.5 Å². The van der Waals surface area contributed by atoms with Crippen LogP contribution < -0.4 is 10.6 Å². The van der Waals surface area contributed by atoms with E-state index in [-0.39, 0.29) is 24.6 Å². The molecule has 2 atom stereocenters. The van der Waals surface area contributed by atoms with Gasteiger partial charge < -0.3 is 15.4 Å². The zero-order valence-corrected chi connectivity index (χ0v) is 19.4. The van der Waals surface area contributed by atoms with Gasteiger partial charge in [0.1, 0.15) is 6.67 Å². The van der Waals surface area contributed by atoms with Gasteiger partial charge in [0, 0.05) is 37.1 Å². The first kappa shape index (κ1) is 24.3. The quantitative estimate of drug-likeness (QED) is 0.591. The first-order chi connectivity index (χ1) is 16.6. The summed E-state index contributed by atoms with van der Waals surface area (Å²) < 4.78 is 19.1.